The highest BCUT2D eigenvalue weighted by atomic mass is 16.5. The van der Waals surface area contributed by atoms with Gasteiger partial charge < -0.3 is 20.1 Å². The summed E-state index contributed by atoms with van der Waals surface area (Å²) >= 11 is 0. The Labute approximate surface area is 136 Å². The predicted molar refractivity (Wildman–Crippen MR) is 89.9 cm³/mol. The zero-order chi connectivity index (χ0) is 16.8. The lowest BCUT2D eigenvalue weighted by atomic mass is 10.1. The Morgan fingerprint density at radius 3 is 2.48 bits per heavy atom. The zero-order valence-corrected chi connectivity index (χ0v) is 13.6. The Morgan fingerprint density at radius 1 is 1.22 bits per heavy atom. The van der Waals surface area contributed by atoms with Gasteiger partial charge in [-0.2, -0.15) is 0 Å². The van der Waals surface area contributed by atoms with Gasteiger partial charge in [-0.05, 0) is 31.8 Å². The molecule has 122 valence electrons. The molecule has 23 heavy (non-hydrogen) atoms. The fourth-order valence-electron chi connectivity index (χ4n) is 2.39. The lowest BCUT2D eigenvalue weighted by Crippen LogP contribution is -2.34. The van der Waals surface area contributed by atoms with Crippen molar-refractivity contribution in [1.82, 2.24) is 10.2 Å². The van der Waals surface area contributed by atoms with Crippen LogP contribution in [0.15, 0.2) is 48.5 Å². The fourth-order valence-corrected chi connectivity index (χ4v) is 2.39. The summed E-state index contributed by atoms with van der Waals surface area (Å²) in [7, 11) is 5.44. The van der Waals surface area contributed by atoms with Crippen LogP contribution in [0.3, 0.4) is 0 Å². The minimum Gasteiger partial charge on any atom is -0.507 e. The molecule has 1 unspecified atom stereocenters. The van der Waals surface area contributed by atoms with Crippen LogP contribution in [0.2, 0.25) is 0 Å². The molecule has 0 saturated heterocycles. The number of nitrogens with zero attached hydrogens (tertiary/aromatic N) is 1. The van der Waals surface area contributed by atoms with E-state index < -0.39 is 0 Å². The smallest absolute Gasteiger partial charge is 0.255 e. The highest BCUT2D eigenvalue weighted by molar-refractivity contribution is 5.97. The van der Waals surface area contributed by atoms with Gasteiger partial charge >= 0.3 is 0 Å². The van der Waals surface area contributed by atoms with E-state index in [1.165, 1.54) is 13.2 Å². The number of nitrogens with one attached hydrogen (secondary N) is 1. The average Bonchev–Trinajstić information content (AvgIpc) is 2.55. The molecular formula is C18H22N2O3. The van der Waals surface area contributed by atoms with Gasteiger partial charge in [0.05, 0.1) is 18.7 Å². The summed E-state index contributed by atoms with van der Waals surface area (Å²) in [6.45, 7) is 0.446. The SMILES string of the molecule is COc1ccc(C(=O)NCC(c2ccccc2)N(C)C)c(O)c1. The molecule has 2 rings (SSSR count). The van der Waals surface area contributed by atoms with Gasteiger partial charge in [-0.15, -0.1) is 0 Å². The Morgan fingerprint density at radius 2 is 1.91 bits per heavy atom. The molecule has 2 aromatic carbocycles. The topological polar surface area (TPSA) is 61.8 Å². The quantitative estimate of drug-likeness (QED) is 0.860. The molecule has 0 spiro atoms. The lowest BCUT2D eigenvalue weighted by molar-refractivity contribution is 0.0939. The fraction of sp³-hybridized carbons (Fsp3) is 0.278. The summed E-state index contributed by atoms with van der Waals surface area (Å²) in [6, 6.07) is 14.7. The third-order valence-corrected chi connectivity index (χ3v) is 3.71. The van der Waals surface area contributed by atoms with Gasteiger partial charge in [-0.3, -0.25) is 4.79 Å². The van der Waals surface area contributed by atoms with Crippen LogP contribution in [-0.4, -0.2) is 43.7 Å². The number of amides is 1. The van der Waals surface area contributed by atoms with Gasteiger partial charge in [0.1, 0.15) is 11.5 Å². The first-order chi connectivity index (χ1) is 11.0. The van der Waals surface area contributed by atoms with Crippen molar-refractivity contribution in [2.45, 2.75) is 6.04 Å². The normalized spacial score (nSPS) is 12.0. The standard InChI is InChI=1S/C18H22N2O3/c1-20(2)16(13-7-5-4-6-8-13)12-19-18(22)15-10-9-14(23-3)11-17(15)21/h4-11,16,21H,12H2,1-3H3,(H,19,22). The molecule has 0 heterocycles. The van der Waals surface area contributed by atoms with Crippen LogP contribution in [0.25, 0.3) is 0 Å². The molecule has 0 aromatic heterocycles. The maximum absolute atomic E-state index is 12.3. The number of hydrogen-bond acceptors (Lipinski definition) is 4. The van der Waals surface area contributed by atoms with Gasteiger partial charge in [-0.1, -0.05) is 30.3 Å². The maximum atomic E-state index is 12.3. The average molecular weight is 314 g/mol. The van der Waals surface area contributed by atoms with Crippen molar-refractivity contribution in [2.75, 3.05) is 27.7 Å². The van der Waals surface area contributed by atoms with Crippen molar-refractivity contribution < 1.29 is 14.6 Å². The number of ether oxygens (including phenoxy) is 1. The number of carbonyl (C=O) groups is 1. The first-order valence-electron chi connectivity index (χ1n) is 7.39. The van der Waals surface area contributed by atoms with E-state index in [1.54, 1.807) is 12.1 Å². The van der Waals surface area contributed by atoms with Crippen LogP contribution in [0, 0.1) is 0 Å². The van der Waals surface area contributed by atoms with Crippen molar-refractivity contribution >= 4 is 5.91 Å². The van der Waals surface area contributed by atoms with E-state index in [2.05, 4.69) is 5.32 Å². The molecule has 5 nitrogen and oxygen atoms in total. The predicted octanol–water partition coefficient (Wildman–Crippen LogP) is 2.43. The van der Waals surface area contributed by atoms with Gasteiger partial charge in [0, 0.05) is 12.6 Å². The summed E-state index contributed by atoms with van der Waals surface area (Å²) in [5.74, 6) is 0.102. The van der Waals surface area contributed by atoms with E-state index in [-0.39, 0.29) is 23.3 Å². The van der Waals surface area contributed by atoms with E-state index in [0.717, 1.165) is 5.56 Å². The van der Waals surface area contributed by atoms with Gasteiger partial charge in [-0.25, -0.2) is 0 Å². The molecule has 2 N–H and O–H groups in total. The maximum Gasteiger partial charge on any atom is 0.255 e. The molecule has 0 fully saturated rings. The number of hydrogen-bond donors (Lipinski definition) is 2. The van der Waals surface area contributed by atoms with E-state index in [4.69, 9.17) is 4.74 Å². The van der Waals surface area contributed by atoms with E-state index in [9.17, 15) is 9.90 Å². The minimum absolute atomic E-state index is 0.0561. The van der Waals surface area contributed by atoms with Crippen molar-refractivity contribution in [3.63, 3.8) is 0 Å². The molecular weight excluding hydrogens is 292 g/mol. The van der Waals surface area contributed by atoms with Crippen LogP contribution in [0.1, 0.15) is 22.0 Å². The molecule has 0 aliphatic carbocycles. The van der Waals surface area contributed by atoms with Crippen molar-refractivity contribution in [1.29, 1.82) is 0 Å². The molecule has 2 aromatic rings. The van der Waals surface area contributed by atoms with E-state index >= 15 is 0 Å². The number of likely N-dealkylation sites (N-methyl/N-ethyl adjacent to an activating group) is 1. The largest absolute Gasteiger partial charge is 0.507 e. The second kappa shape index (κ2) is 7.65. The van der Waals surface area contributed by atoms with Crippen LogP contribution in [0.4, 0.5) is 0 Å². The Balaban J connectivity index is 2.08. The number of rotatable bonds is 6. The van der Waals surface area contributed by atoms with Crippen LogP contribution >= 0.6 is 0 Å². The Kier molecular flexibility index (Phi) is 5.60. The number of benzene rings is 2. The number of phenolic OH excluding ortho intramolecular Hbond substituents is 1. The second-order valence-corrected chi connectivity index (χ2v) is 5.48. The van der Waals surface area contributed by atoms with Crippen molar-refractivity contribution in [2.24, 2.45) is 0 Å². The first kappa shape index (κ1) is 16.8. The highest BCUT2D eigenvalue weighted by Crippen LogP contribution is 2.23. The third kappa shape index (κ3) is 4.23. The van der Waals surface area contributed by atoms with E-state index in [1.807, 2.05) is 49.3 Å². The number of phenols is 1. The Bertz CT molecular complexity index is 657. The summed E-state index contributed by atoms with van der Waals surface area (Å²) in [5, 5.41) is 12.8. The molecule has 0 radical (unpaired) electrons. The Hall–Kier alpha value is -2.53. The summed E-state index contributed by atoms with van der Waals surface area (Å²) < 4.78 is 5.02. The molecule has 5 heteroatoms. The number of methoxy groups -OCH3 is 1. The lowest BCUT2D eigenvalue weighted by Gasteiger charge is -2.25. The monoisotopic (exact) mass is 314 g/mol. The number of aromatic hydroxyl groups is 1. The molecule has 0 saturated carbocycles. The first-order valence-corrected chi connectivity index (χ1v) is 7.39. The summed E-state index contributed by atoms with van der Waals surface area (Å²) in [5.41, 5.74) is 1.35. The van der Waals surface area contributed by atoms with Crippen molar-refractivity contribution in [3.8, 4) is 11.5 Å². The highest BCUT2D eigenvalue weighted by Gasteiger charge is 2.17. The van der Waals surface area contributed by atoms with Crippen LogP contribution < -0.4 is 10.1 Å². The summed E-state index contributed by atoms with van der Waals surface area (Å²) in [4.78, 5) is 14.3. The summed E-state index contributed by atoms with van der Waals surface area (Å²) in [6.07, 6.45) is 0. The molecule has 1 atom stereocenters. The van der Waals surface area contributed by atoms with E-state index in [0.29, 0.717) is 12.3 Å². The molecule has 0 aliphatic rings. The number of carbonyl (C=O) groups excluding carboxylic acids is 1. The van der Waals surface area contributed by atoms with Crippen molar-refractivity contribution in [3.05, 3.63) is 59.7 Å². The van der Waals surface area contributed by atoms with Gasteiger partial charge in [0.25, 0.3) is 5.91 Å². The third-order valence-electron chi connectivity index (χ3n) is 3.71. The minimum atomic E-state index is -0.312. The molecule has 0 aliphatic heterocycles. The van der Waals surface area contributed by atoms with Gasteiger partial charge in [0.2, 0.25) is 0 Å². The second-order valence-electron chi connectivity index (χ2n) is 5.48. The van der Waals surface area contributed by atoms with Crippen LogP contribution in [0.5, 0.6) is 11.5 Å². The van der Waals surface area contributed by atoms with Gasteiger partial charge in [0.15, 0.2) is 0 Å². The molecule has 0 bridgehead atoms. The zero-order valence-electron chi connectivity index (χ0n) is 13.6. The van der Waals surface area contributed by atoms with Crippen LogP contribution in [-0.2, 0) is 0 Å². The molecule has 1 amide bonds.